The summed E-state index contributed by atoms with van der Waals surface area (Å²) >= 11 is 10.9. The number of thiazole rings is 1. The minimum atomic E-state index is -0.839. The molecule has 1 aliphatic heterocycles. The first-order chi connectivity index (χ1) is 16.2. The van der Waals surface area contributed by atoms with Gasteiger partial charge in [-0.05, 0) is 61.4 Å². The van der Waals surface area contributed by atoms with Crippen molar-refractivity contribution in [2.45, 2.75) is 19.9 Å². The lowest BCUT2D eigenvalue weighted by atomic mass is 9.93. The van der Waals surface area contributed by atoms with Crippen molar-refractivity contribution in [3.8, 4) is 0 Å². The van der Waals surface area contributed by atoms with Crippen LogP contribution in [0.15, 0.2) is 70.7 Å². The van der Waals surface area contributed by atoms with Crippen LogP contribution in [0.25, 0.3) is 16.0 Å². The van der Waals surface area contributed by atoms with Crippen LogP contribution in [-0.4, -0.2) is 21.8 Å². The number of halogens is 2. The van der Waals surface area contributed by atoms with Gasteiger partial charge in [-0.3, -0.25) is 14.5 Å². The number of rotatable bonds is 3. The Bertz CT molecular complexity index is 1530. The predicted molar refractivity (Wildman–Crippen MR) is 139 cm³/mol. The molecule has 170 valence electrons. The summed E-state index contributed by atoms with van der Waals surface area (Å²) in [7, 11) is 0. The second-order valence-electron chi connectivity index (χ2n) is 8.15. The van der Waals surface area contributed by atoms with Crippen LogP contribution in [0.4, 0.5) is 5.13 Å². The van der Waals surface area contributed by atoms with E-state index in [0.29, 0.717) is 26.8 Å². The summed E-state index contributed by atoms with van der Waals surface area (Å²) in [5.74, 6) is -1.68. The largest absolute Gasteiger partial charge is 0.507 e. The van der Waals surface area contributed by atoms with Gasteiger partial charge in [-0.2, -0.15) is 0 Å². The molecule has 5 rings (SSSR count). The lowest BCUT2D eigenvalue weighted by Gasteiger charge is -2.23. The lowest BCUT2D eigenvalue weighted by Crippen LogP contribution is -2.29. The molecule has 34 heavy (non-hydrogen) atoms. The molecule has 3 aromatic carbocycles. The Hall–Kier alpha value is -3.00. The summed E-state index contributed by atoms with van der Waals surface area (Å²) in [4.78, 5) is 32.7. The summed E-state index contributed by atoms with van der Waals surface area (Å²) in [6.07, 6.45) is 0. The minimum absolute atomic E-state index is 0.0362. The van der Waals surface area contributed by atoms with Crippen molar-refractivity contribution in [1.29, 1.82) is 0 Å². The van der Waals surface area contributed by atoms with Crippen LogP contribution in [0.3, 0.4) is 0 Å². The Balaban J connectivity index is 1.77. The molecule has 1 saturated heterocycles. The second-order valence-corrected chi connectivity index (χ2v) is 10.5. The van der Waals surface area contributed by atoms with Gasteiger partial charge in [0.15, 0.2) is 5.13 Å². The number of Topliss-reactive ketones (excluding diaryl/α,β-unsaturated/α-hetero) is 1. The van der Waals surface area contributed by atoms with E-state index in [4.69, 9.17) is 11.6 Å². The molecule has 0 spiro atoms. The number of hydrogen-bond donors (Lipinski definition) is 1. The number of benzene rings is 3. The van der Waals surface area contributed by atoms with Crippen LogP contribution < -0.4 is 4.90 Å². The van der Waals surface area contributed by atoms with Crippen molar-refractivity contribution in [3.05, 3.63) is 98.0 Å². The quantitative estimate of drug-likeness (QED) is 0.169. The second kappa shape index (κ2) is 8.65. The van der Waals surface area contributed by atoms with Crippen molar-refractivity contribution in [2.24, 2.45) is 0 Å². The molecule has 4 aromatic rings. The summed E-state index contributed by atoms with van der Waals surface area (Å²) in [6.45, 7) is 3.77. The fraction of sp³-hybridized carbons (Fsp3) is 0.115. The number of anilines is 1. The highest BCUT2D eigenvalue weighted by atomic mass is 79.9. The Morgan fingerprint density at radius 3 is 2.65 bits per heavy atom. The van der Waals surface area contributed by atoms with Gasteiger partial charge in [-0.25, -0.2) is 4.98 Å². The molecule has 1 fully saturated rings. The first-order valence-corrected chi connectivity index (χ1v) is 12.4. The fourth-order valence-corrected chi connectivity index (χ4v) is 5.83. The maximum atomic E-state index is 13.4. The molecule has 1 atom stereocenters. The van der Waals surface area contributed by atoms with Gasteiger partial charge in [-0.15, -0.1) is 0 Å². The van der Waals surface area contributed by atoms with Gasteiger partial charge in [-0.1, -0.05) is 68.7 Å². The van der Waals surface area contributed by atoms with Crippen LogP contribution in [0.1, 0.15) is 28.3 Å². The third-order valence-corrected chi connectivity index (χ3v) is 7.55. The molecule has 0 radical (unpaired) electrons. The molecule has 1 aliphatic rings. The first-order valence-electron chi connectivity index (χ1n) is 10.4. The Morgan fingerprint density at radius 1 is 1.09 bits per heavy atom. The van der Waals surface area contributed by atoms with Crippen LogP contribution in [-0.2, 0) is 9.59 Å². The lowest BCUT2D eigenvalue weighted by molar-refractivity contribution is -0.132. The van der Waals surface area contributed by atoms with E-state index >= 15 is 0 Å². The number of aryl methyl sites for hydroxylation is 2. The maximum absolute atomic E-state index is 13.4. The highest BCUT2D eigenvalue weighted by Gasteiger charge is 2.48. The van der Waals surface area contributed by atoms with E-state index in [1.807, 2.05) is 56.3 Å². The molecule has 1 N–H and O–H groups in total. The highest BCUT2D eigenvalue weighted by Crippen LogP contribution is 2.45. The summed E-state index contributed by atoms with van der Waals surface area (Å²) in [5.41, 5.74) is 3.65. The van der Waals surface area contributed by atoms with Crippen LogP contribution in [0, 0.1) is 13.8 Å². The van der Waals surface area contributed by atoms with Gasteiger partial charge in [0, 0.05) is 15.1 Å². The van der Waals surface area contributed by atoms with E-state index in [0.717, 1.165) is 20.3 Å². The summed E-state index contributed by atoms with van der Waals surface area (Å²) in [6, 6.07) is 17.4. The number of carbonyl (C=O) groups is 2. The fourth-order valence-electron chi connectivity index (χ4n) is 4.15. The predicted octanol–water partition coefficient (Wildman–Crippen LogP) is 6.96. The molecular formula is C26H18BrClN2O3S. The van der Waals surface area contributed by atoms with Gasteiger partial charge < -0.3 is 5.11 Å². The SMILES string of the molecule is Cc1ccc(C)c(C(O)=C2C(=O)C(=O)N(c3nc4ccc(Cl)cc4s3)C2c2cccc(Br)c2)c1. The van der Waals surface area contributed by atoms with Crippen molar-refractivity contribution < 1.29 is 14.7 Å². The van der Waals surface area contributed by atoms with Gasteiger partial charge in [0.05, 0.1) is 21.8 Å². The summed E-state index contributed by atoms with van der Waals surface area (Å²) in [5, 5.41) is 12.3. The molecule has 5 nitrogen and oxygen atoms in total. The van der Waals surface area contributed by atoms with Crippen molar-refractivity contribution in [2.75, 3.05) is 4.90 Å². The zero-order valence-electron chi connectivity index (χ0n) is 18.2. The van der Waals surface area contributed by atoms with Gasteiger partial charge in [0.25, 0.3) is 5.78 Å². The van der Waals surface area contributed by atoms with Crippen LogP contribution >= 0.6 is 38.9 Å². The number of ketones is 1. The minimum Gasteiger partial charge on any atom is -0.507 e. The van der Waals surface area contributed by atoms with E-state index in [2.05, 4.69) is 20.9 Å². The monoisotopic (exact) mass is 552 g/mol. The summed E-state index contributed by atoms with van der Waals surface area (Å²) < 4.78 is 1.59. The average molecular weight is 554 g/mol. The van der Waals surface area contributed by atoms with Gasteiger partial charge in [0.2, 0.25) is 0 Å². The third kappa shape index (κ3) is 3.83. The zero-order valence-corrected chi connectivity index (χ0v) is 21.3. The molecular weight excluding hydrogens is 536 g/mol. The molecule has 1 unspecified atom stereocenters. The van der Waals surface area contributed by atoms with E-state index in [1.165, 1.54) is 16.2 Å². The topological polar surface area (TPSA) is 70.5 Å². The first kappa shape index (κ1) is 22.8. The molecule has 0 aliphatic carbocycles. The van der Waals surface area contributed by atoms with E-state index in [1.54, 1.807) is 18.2 Å². The van der Waals surface area contributed by atoms with Gasteiger partial charge in [0.1, 0.15) is 5.76 Å². The Labute approximate surface area is 213 Å². The molecule has 0 bridgehead atoms. The number of aliphatic hydroxyl groups excluding tert-OH is 1. The Kier molecular flexibility index (Phi) is 5.80. The highest BCUT2D eigenvalue weighted by molar-refractivity contribution is 9.10. The number of hydrogen-bond acceptors (Lipinski definition) is 5. The van der Waals surface area contributed by atoms with Crippen molar-refractivity contribution in [1.82, 2.24) is 4.98 Å². The standard InChI is InChI=1S/C26H18BrClN2O3S/c1-13-6-7-14(2)18(10-13)23(31)21-22(15-4-3-5-16(27)11-15)30(25(33)24(21)32)26-29-19-9-8-17(28)12-20(19)34-26/h3-12,22,31H,1-2H3. The average Bonchev–Trinajstić information content (AvgIpc) is 3.33. The Morgan fingerprint density at radius 2 is 1.88 bits per heavy atom. The number of aromatic nitrogens is 1. The van der Waals surface area contributed by atoms with E-state index < -0.39 is 17.7 Å². The number of carbonyl (C=O) groups excluding carboxylic acids is 2. The van der Waals surface area contributed by atoms with Crippen molar-refractivity contribution in [3.63, 3.8) is 0 Å². The van der Waals surface area contributed by atoms with Crippen LogP contribution in [0.5, 0.6) is 0 Å². The number of aliphatic hydroxyl groups is 1. The molecule has 1 aromatic heterocycles. The molecule has 8 heteroatoms. The molecule has 0 saturated carbocycles. The zero-order chi connectivity index (χ0) is 24.1. The third-order valence-electron chi connectivity index (χ3n) is 5.80. The number of fused-ring (bicyclic) bond motifs is 1. The normalized spacial score (nSPS) is 17.6. The smallest absolute Gasteiger partial charge is 0.301 e. The van der Waals surface area contributed by atoms with Crippen molar-refractivity contribution >= 4 is 71.7 Å². The number of amides is 1. The van der Waals surface area contributed by atoms with E-state index in [-0.39, 0.29) is 11.3 Å². The maximum Gasteiger partial charge on any atom is 0.301 e. The van der Waals surface area contributed by atoms with Crippen LogP contribution in [0.2, 0.25) is 5.02 Å². The number of nitrogens with zero attached hydrogens (tertiary/aromatic N) is 2. The molecule has 1 amide bonds. The van der Waals surface area contributed by atoms with Gasteiger partial charge >= 0.3 is 5.91 Å². The molecule has 2 heterocycles. The van der Waals surface area contributed by atoms with E-state index in [9.17, 15) is 14.7 Å².